The monoisotopic (exact) mass is 130 g/mol. The van der Waals surface area contributed by atoms with Gasteiger partial charge < -0.3 is 5.32 Å². The van der Waals surface area contributed by atoms with Crippen LogP contribution in [0.1, 0.15) is 13.8 Å². The molecule has 1 unspecified atom stereocenters. The second-order valence-electron chi connectivity index (χ2n) is 1.63. The van der Waals surface area contributed by atoms with Crippen LogP contribution in [0, 0.1) is 10.1 Å². The third-order valence-corrected chi connectivity index (χ3v) is 0.820. The first-order chi connectivity index (χ1) is 4.18. The summed E-state index contributed by atoms with van der Waals surface area (Å²) >= 11 is 0. The summed E-state index contributed by atoms with van der Waals surface area (Å²) in [6.07, 6.45) is 2.56. The first-order valence-corrected chi connectivity index (χ1v) is 2.69. The van der Waals surface area contributed by atoms with Gasteiger partial charge in [0.05, 0.1) is 0 Å². The molecule has 0 aliphatic carbocycles. The third kappa shape index (κ3) is 3.52. The zero-order chi connectivity index (χ0) is 7.28. The third-order valence-electron chi connectivity index (χ3n) is 0.820. The Labute approximate surface area is 53.7 Å². The molecular weight excluding hydrogens is 120 g/mol. The summed E-state index contributed by atoms with van der Waals surface area (Å²) in [4.78, 5) is 9.53. The van der Waals surface area contributed by atoms with E-state index in [4.69, 9.17) is 0 Å². The van der Waals surface area contributed by atoms with Crippen molar-refractivity contribution in [2.75, 3.05) is 0 Å². The Hall–Kier alpha value is -1.06. The summed E-state index contributed by atoms with van der Waals surface area (Å²) in [6, 6.07) is 0. The maximum atomic E-state index is 9.91. The van der Waals surface area contributed by atoms with Gasteiger partial charge in [0.15, 0.2) is 0 Å². The van der Waals surface area contributed by atoms with Crippen molar-refractivity contribution < 1.29 is 4.92 Å². The Morgan fingerprint density at radius 1 is 1.78 bits per heavy atom. The molecule has 1 atom stereocenters. The van der Waals surface area contributed by atoms with Crippen LogP contribution < -0.4 is 5.32 Å². The molecule has 0 amide bonds. The zero-order valence-corrected chi connectivity index (χ0v) is 5.50. The van der Waals surface area contributed by atoms with Gasteiger partial charge in [-0.05, 0) is 13.1 Å². The molecule has 0 aliphatic rings. The van der Waals surface area contributed by atoms with E-state index >= 15 is 0 Å². The maximum absolute atomic E-state index is 9.91. The summed E-state index contributed by atoms with van der Waals surface area (Å²) in [5.41, 5.74) is 0. The average Bonchev–Trinajstić information content (AvgIpc) is 1.82. The lowest BCUT2D eigenvalue weighted by molar-refractivity contribution is -0.522. The number of nitro groups is 1. The fourth-order valence-electron chi connectivity index (χ4n) is 0.296. The Morgan fingerprint density at radius 2 is 2.33 bits per heavy atom. The molecule has 0 bridgehead atoms. The van der Waals surface area contributed by atoms with E-state index in [0.29, 0.717) is 0 Å². The van der Waals surface area contributed by atoms with E-state index in [-0.39, 0.29) is 4.92 Å². The lowest BCUT2D eigenvalue weighted by atomic mass is 10.6. The van der Waals surface area contributed by atoms with Gasteiger partial charge in [-0.3, -0.25) is 10.1 Å². The van der Waals surface area contributed by atoms with Crippen molar-refractivity contribution >= 4 is 0 Å². The van der Waals surface area contributed by atoms with Crippen LogP contribution >= 0.6 is 0 Å². The topological polar surface area (TPSA) is 55.2 Å². The van der Waals surface area contributed by atoms with E-state index in [0.717, 1.165) is 0 Å². The molecule has 0 heterocycles. The Morgan fingerprint density at radius 3 is 2.67 bits per heavy atom. The van der Waals surface area contributed by atoms with Gasteiger partial charge in [-0.15, -0.1) is 0 Å². The van der Waals surface area contributed by atoms with Crippen molar-refractivity contribution in [3.05, 3.63) is 22.4 Å². The summed E-state index contributed by atoms with van der Waals surface area (Å²) in [5, 5.41) is 12.5. The molecule has 4 nitrogen and oxygen atoms in total. The van der Waals surface area contributed by atoms with Gasteiger partial charge >= 0.3 is 0 Å². The van der Waals surface area contributed by atoms with Crippen LogP contribution in [0.5, 0.6) is 0 Å². The normalized spacial score (nSPS) is 13.6. The van der Waals surface area contributed by atoms with Crippen molar-refractivity contribution in [3.63, 3.8) is 0 Å². The molecule has 52 valence electrons. The Bertz CT molecular complexity index is 122. The summed E-state index contributed by atoms with van der Waals surface area (Å²) in [7, 11) is 0. The molecule has 0 rings (SSSR count). The molecular formula is C5H10N2O2. The molecule has 0 radical (unpaired) electrons. The average molecular weight is 130 g/mol. The Kier molecular flexibility index (Phi) is 3.43. The van der Waals surface area contributed by atoms with Gasteiger partial charge in [-0.25, -0.2) is 0 Å². The van der Waals surface area contributed by atoms with Gasteiger partial charge in [0.25, 0.3) is 6.17 Å². The first kappa shape index (κ1) is 7.94. The van der Waals surface area contributed by atoms with Crippen LogP contribution in [0.25, 0.3) is 0 Å². The number of allylic oxidation sites excluding steroid dienone is 1. The SMILES string of the molecule is C/C=C\NC(C)[N+](=O)[O-]. The van der Waals surface area contributed by atoms with Gasteiger partial charge in [-0.1, -0.05) is 6.08 Å². The quantitative estimate of drug-likeness (QED) is 0.348. The van der Waals surface area contributed by atoms with Crippen LogP contribution in [-0.2, 0) is 0 Å². The van der Waals surface area contributed by atoms with Crippen LogP contribution in [-0.4, -0.2) is 11.1 Å². The molecule has 0 spiro atoms. The molecule has 0 fully saturated rings. The molecule has 0 saturated heterocycles. The molecule has 9 heavy (non-hydrogen) atoms. The van der Waals surface area contributed by atoms with E-state index < -0.39 is 6.17 Å². The number of hydrogen-bond donors (Lipinski definition) is 1. The molecule has 0 aromatic rings. The van der Waals surface area contributed by atoms with Crippen molar-refractivity contribution in [1.82, 2.24) is 5.32 Å². The minimum Gasteiger partial charge on any atom is -0.331 e. The van der Waals surface area contributed by atoms with Crippen molar-refractivity contribution in [1.29, 1.82) is 0 Å². The predicted octanol–water partition coefficient (Wildman–Crippen LogP) is 0.732. The highest BCUT2D eigenvalue weighted by molar-refractivity contribution is 4.73. The second-order valence-corrected chi connectivity index (χ2v) is 1.63. The minimum atomic E-state index is -0.693. The predicted molar refractivity (Wildman–Crippen MR) is 34.4 cm³/mol. The molecule has 0 aliphatic heterocycles. The molecule has 0 aromatic carbocycles. The number of nitrogens with zero attached hydrogens (tertiary/aromatic N) is 1. The standard InChI is InChI=1S/C5H10N2O2/c1-3-4-6-5(2)7(8)9/h3-6H,1-2H3/b4-3-. The van der Waals surface area contributed by atoms with Crippen LogP contribution in [0.4, 0.5) is 0 Å². The van der Waals surface area contributed by atoms with E-state index in [9.17, 15) is 10.1 Å². The maximum Gasteiger partial charge on any atom is 0.281 e. The van der Waals surface area contributed by atoms with Crippen LogP contribution in [0.15, 0.2) is 12.3 Å². The summed E-state index contributed by atoms with van der Waals surface area (Å²) in [5.74, 6) is 0. The lowest BCUT2D eigenvalue weighted by Crippen LogP contribution is -2.28. The number of nitrogens with one attached hydrogen (secondary N) is 1. The highest BCUT2D eigenvalue weighted by Crippen LogP contribution is 1.80. The Balaban J connectivity index is 3.50. The fraction of sp³-hybridized carbons (Fsp3) is 0.600. The zero-order valence-electron chi connectivity index (χ0n) is 5.50. The van der Waals surface area contributed by atoms with Crippen LogP contribution in [0.3, 0.4) is 0 Å². The summed E-state index contributed by atoms with van der Waals surface area (Å²) in [6.45, 7) is 3.28. The first-order valence-electron chi connectivity index (χ1n) is 2.69. The second kappa shape index (κ2) is 3.88. The van der Waals surface area contributed by atoms with Crippen molar-refractivity contribution in [3.8, 4) is 0 Å². The van der Waals surface area contributed by atoms with Gasteiger partial charge in [0.2, 0.25) is 0 Å². The number of rotatable bonds is 3. The van der Waals surface area contributed by atoms with Gasteiger partial charge in [-0.2, -0.15) is 0 Å². The van der Waals surface area contributed by atoms with E-state index in [1.54, 1.807) is 19.2 Å². The lowest BCUT2D eigenvalue weighted by Gasteiger charge is -2.00. The molecule has 1 N–H and O–H groups in total. The van der Waals surface area contributed by atoms with Crippen LogP contribution in [0.2, 0.25) is 0 Å². The van der Waals surface area contributed by atoms with E-state index in [1.807, 2.05) is 0 Å². The fourth-order valence-corrected chi connectivity index (χ4v) is 0.296. The smallest absolute Gasteiger partial charge is 0.281 e. The van der Waals surface area contributed by atoms with E-state index in [2.05, 4.69) is 5.32 Å². The van der Waals surface area contributed by atoms with Crippen molar-refractivity contribution in [2.24, 2.45) is 0 Å². The molecule has 4 heteroatoms. The number of hydrogen-bond acceptors (Lipinski definition) is 3. The van der Waals surface area contributed by atoms with Gasteiger partial charge in [0, 0.05) is 11.8 Å². The van der Waals surface area contributed by atoms with Gasteiger partial charge in [0.1, 0.15) is 0 Å². The van der Waals surface area contributed by atoms with Crippen molar-refractivity contribution in [2.45, 2.75) is 20.0 Å². The largest absolute Gasteiger partial charge is 0.331 e. The highest BCUT2D eigenvalue weighted by Gasteiger charge is 2.06. The molecule has 0 aromatic heterocycles. The minimum absolute atomic E-state index is 0.389. The molecule has 0 saturated carbocycles. The highest BCUT2D eigenvalue weighted by atomic mass is 16.6. The van der Waals surface area contributed by atoms with E-state index in [1.165, 1.54) is 6.92 Å². The summed E-state index contributed by atoms with van der Waals surface area (Å²) < 4.78 is 0.